The highest BCUT2D eigenvalue weighted by Gasteiger charge is 2.00. The Labute approximate surface area is 95.5 Å². The number of carbonyl (C=O) groups excluding carboxylic acids is 2. The first kappa shape index (κ1) is 14.2. The van der Waals surface area contributed by atoms with Crippen LogP contribution in [0.4, 0.5) is 0 Å². The molecule has 0 bridgehead atoms. The molecule has 4 nitrogen and oxygen atoms in total. The molecule has 0 spiro atoms. The first-order valence-corrected chi connectivity index (χ1v) is 5.81. The maximum Gasteiger partial charge on any atom is 0.219 e. The van der Waals surface area contributed by atoms with Crippen LogP contribution in [0.25, 0.3) is 0 Å². The number of carbonyl (C=O) groups is 2. The molecule has 2 amide bonds. The highest BCUT2D eigenvalue weighted by Crippen LogP contribution is 1.97. The van der Waals surface area contributed by atoms with Gasteiger partial charge in [0.15, 0.2) is 0 Å². The molecular formula is C10H19ClN2O2. The number of halogens is 1. The predicted octanol–water partition coefficient (Wildman–Crippen LogP) is 1.17. The monoisotopic (exact) mass is 234 g/mol. The molecule has 15 heavy (non-hydrogen) atoms. The Balaban J connectivity index is 3.20. The summed E-state index contributed by atoms with van der Waals surface area (Å²) in [4.78, 5) is 21.6. The lowest BCUT2D eigenvalue weighted by atomic mass is 10.2. The van der Waals surface area contributed by atoms with Gasteiger partial charge in [-0.2, -0.15) is 0 Å². The first-order valence-electron chi connectivity index (χ1n) is 5.27. The molecule has 0 aromatic carbocycles. The van der Waals surface area contributed by atoms with Crippen LogP contribution >= 0.6 is 11.6 Å². The Morgan fingerprint density at radius 3 is 2.33 bits per heavy atom. The van der Waals surface area contributed by atoms with Gasteiger partial charge in [0, 0.05) is 25.3 Å². The van der Waals surface area contributed by atoms with Crippen molar-refractivity contribution in [3.05, 3.63) is 0 Å². The van der Waals surface area contributed by atoms with Gasteiger partial charge in [0.2, 0.25) is 11.8 Å². The molecule has 0 aliphatic carbocycles. The second-order valence-corrected chi connectivity index (χ2v) is 3.80. The number of alkyl halides is 1. The van der Waals surface area contributed by atoms with Crippen LogP contribution in [0.1, 0.15) is 38.5 Å². The van der Waals surface area contributed by atoms with Gasteiger partial charge in [-0.3, -0.25) is 9.59 Å². The van der Waals surface area contributed by atoms with Gasteiger partial charge in [0.05, 0.1) is 0 Å². The van der Waals surface area contributed by atoms with Crippen molar-refractivity contribution in [2.24, 2.45) is 5.73 Å². The molecule has 88 valence electrons. The van der Waals surface area contributed by atoms with Gasteiger partial charge in [0.25, 0.3) is 0 Å². The molecule has 0 heterocycles. The van der Waals surface area contributed by atoms with E-state index in [0.29, 0.717) is 25.3 Å². The van der Waals surface area contributed by atoms with Gasteiger partial charge >= 0.3 is 0 Å². The maximum absolute atomic E-state index is 11.2. The normalized spacial score (nSPS) is 9.93. The highest BCUT2D eigenvalue weighted by molar-refractivity contribution is 6.17. The number of nitrogens with two attached hydrogens (primary N) is 1. The molecule has 0 aromatic heterocycles. The second kappa shape index (κ2) is 9.77. The van der Waals surface area contributed by atoms with Crippen molar-refractivity contribution in [3.8, 4) is 0 Å². The van der Waals surface area contributed by atoms with Crippen molar-refractivity contribution in [1.29, 1.82) is 0 Å². The van der Waals surface area contributed by atoms with Crippen LogP contribution in [0.3, 0.4) is 0 Å². The molecule has 0 saturated heterocycles. The van der Waals surface area contributed by atoms with E-state index in [2.05, 4.69) is 5.32 Å². The standard InChI is InChI=1S/C10H19ClN2O2/c11-7-3-1-6-10(15)13-8-4-2-5-9(12)14/h1-8H2,(H2,12,14)(H,13,15). The molecule has 0 unspecified atom stereocenters. The van der Waals surface area contributed by atoms with E-state index in [0.717, 1.165) is 25.7 Å². The summed E-state index contributed by atoms with van der Waals surface area (Å²) >= 11 is 5.48. The minimum Gasteiger partial charge on any atom is -0.370 e. The molecular weight excluding hydrogens is 216 g/mol. The van der Waals surface area contributed by atoms with Crippen LogP contribution in [-0.2, 0) is 9.59 Å². The van der Waals surface area contributed by atoms with Crippen LogP contribution in [-0.4, -0.2) is 24.2 Å². The molecule has 0 aliphatic heterocycles. The van der Waals surface area contributed by atoms with Crippen molar-refractivity contribution in [2.75, 3.05) is 12.4 Å². The third kappa shape index (κ3) is 11.2. The summed E-state index contributed by atoms with van der Waals surface area (Å²) in [5, 5.41) is 2.78. The summed E-state index contributed by atoms with van der Waals surface area (Å²) in [6.07, 6.45) is 4.15. The van der Waals surface area contributed by atoms with Crippen LogP contribution < -0.4 is 11.1 Å². The molecule has 0 atom stereocenters. The summed E-state index contributed by atoms with van der Waals surface area (Å²) in [6.45, 7) is 0.618. The van der Waals surface area contributed by atoms with Gasteiger partial charge in [0.1, 0.15) is 0 Å². The van der Waals surface area contributed by atoms with E-state index in [9.17, 15) is 9.59 Å². The number of hydrogen-bond donors (Lipinski definition) is 2. The van der Waals surface area contributed by atoms with Gasteiger partial charge < -0.3 is 11.1 Å². The van der Waals surface area contributed by atoms with Gasteiger partial charge in [-0.25, -0.2) is 0 Å². The van der Waals surface area contributed by atoms with Crippen LogP contribution in [0.5, 0.6) is 0 Å². The number of amides is 2. The summed E-state index contributed by atoms with van der Waals surface area (Å²) in [5.41, 5.74) is 4.98. The van der Waals surface area contributed by atoms with E-state index in [1.165, 1.54) is 0 Å². The van der Waals surface area contributed by atoms with E-state index in [4.69, 9.17) is 17.3 Å². The number of hydrogen-bond acceptors (Lipinski definition) is 2. The smallest absolute Gasteiger partial charge is 0.219 e. The predicted molar refractivity (Wildman–Crippen MR) is 60.6 cm³/mol. The van der Waals surface area contributed by atoms with E-state index < -0.39 is 0 Å². The molecule has 0 fully saturated rings. The van der Waals surface area contributed by atoms with Crippen molar-refractivity contribution < 1.29 is 9.59 Å². The topological polar surface area (TPSA) is 72.2 Å². The molecule has 5 heteroatoms. The van der Waals surface area contributed by atoms with E-state index in [1.807, 2.05) is 0 Å². The fourth-order valence-electron chi connectivity index (χ4n) is 1.12. The third-order valence-corrected chi connectivity index (χ3v) is 2.23. The zero-order chi connectivity index (χ0) is 11.5. The van der Waals surface area contributed by atoms with Crippen LogP contribution in [0.2, 0.25) is 0 Å². The zero-order valence-corrected chi connectivity index (χ0v) is 9.68. The number of nitrogens with one attached hydrogen (secondary N) is 1. The van der Waals surface area contributed by atoms with Crippen molar-refractivity contribution >= 4 is 23.4 Å². The van der Waals surface area contributed by atoms with E-state index in [1.54, 1.807) is 0 Å². The Kier molecular flexibility index (Phi) is 9.27. The Morgan fingerprint density at radius 1 is 1.07 bits per heavy atom. The quantitative estimate of drug-likeness (QED) is 0.464. The SMILES string of the molecule is NC(=O)CCCCNC(=O)CCCCCl. The third-order valence-electron chi connectivity index (χ3n) is 1.96. The van der Waals surface area contributed by atoms with Crippen molar-refractivity contribution in [2.45, 2.75) is 38.5 Å². The Morgan fingerprint density at radius 2 is 1.73 bits per heavy atom. The molecule has 0 aliphatic rings. The highest BCUT2D eigenvalue weighted by atomic mass is 35.5. The van der Waals surface area contributed by atoms with Crippen LogP contribution in [0, 0.1) is 0 Å². The minimum atomic E-state index is -0.288. The van der Waals surface area contributed by atoms with Gasteiger partial charge in [-0.15, -0.1) is 11.6 Å². The fourth-order valence-corrected chi connectivity index (χ4v) is 1.31. The average Bonchev–Trinajstić information content (AvgIpc) is 2.17. The van der Waals surface area contributed by atoms with Crippen molar-refractivity contribution in [3.63, 3.8) is 0 Å². The number of rotatable bonds is 9. The molecule has 0 aromatic rings. The Bertz CT molecular complexity index is 198. The summed E-state index contributed by atoms with van der Waals surface area (Å²) in [5.74, 6) is 0.369. The lowest BCUT2D eigenvalue weighted by molar-refractivity contribution is -0.121. The van der Waals surface area contributed by atoms with Gasteiger partial charge in [-0.05, 0) is 25.7 Å². The average molecular weight is 235 g/mol. The summed E-state index contributed by atoms with van der Waals surface area (Å²) in [6, 6.07) is 0. The molecule has 0 rings (SSSR count). The fraction of sp³-hybridized carbons (Fsp3) is 0.800. The molecule has 0 radical (unpaired) electrons. The summed E-state index contributed by atoms with van der Waals surface area (Å²) < 4.78 is 0. The molecule has 0 saturated carbocycles. The largest absolute Gasteiger partial charge is 0.370 e. The van der Waals surface area contributed by atoms with E-state index in [-0.39, 0.29) is 11.8 Å². The van der Waals surface area contributed by atoms with Crippen molar-refractivity contribution in [1.82, 2.24) is 5.32 Å². The first-order chi connectivity index (χ1) is 7.16. The van der Waals surface area contributed by atoms with Gasteiger partial charge in [-0.1, -0.05) is 0 Å². The van der Waals surface area contributed by atoms with E-state index >= 15 is 0 Å². The lowest BCUT2D eigenvalue weighted by Crippen LogP contribution is -2.24. The van der Waals surface area contributed by atoms with Crippen LogP contribution in [0.15, 0.2) is 0 Å². The maximum atomic E-state index is 11.2. The molecule has 3 N–H and O–H groups in total. The second-order valence-electron chi connectivity index (χ2n) is 3.42. The zero-order valence-electron chi connectivity index (χ0n) is 8.93. The summed E-state index contributed by atoms with van der Waals surface area (Å²) in [7, 11) is 0. The Hall–Kier alpha value is -0.770. The number of unbranched alkanes of at least 4 members (excludes halogenated alkanes) is 2. The minimum absolute atomic E-state index is 0.0548. The number of primary amides is 1. The lowest BCUT2D eigenvalue weighted by Gasteiger charge is -2.03.